The lowest BCUT2D eigenvalue weighted by molar-refractivity contribution is 0.0849. The zero-order valence-corrected chi connectivity index (χ0v) is 11.6. The van der Waals surface area contributed by atoms with Crippen molar-refractivity contribution in [3.05, 3.63) is 29.1 Å². The zero-order chi connectivity index (χ0) is 14.0. The van der Waals surface area contributed by atoms with Gasteiger partial charge in [-0.25, -0.2) is 4.39 Å². The van der Waals surface area contributed by atoms with Gasteiger partial charge in [0.15, 0.2) is 0 Å². The van der Waals surface area contributed by atoms with E-state index >= 15 is 0 Å². The third-order valence-corrected chi connectivity index (χ3v) is 4.43. The summed E-state index contributed by atoms with van der Waals surface area (Å²) in [6, 6.07) is 2.79. The van der Waals surface area contributed by atoms with E-state index in [0.717, 1.165) is 19.3 Å². The SMILES string of the molecule is CCC1(CNC(=O)c2cc(N)c(C)c(F)c2)CCC1. The molecule has 0 spiro atoms. The smallest absolute Gasteiger partial charge is 0.251 e. The van der Waals surface area contributed by atoms with Gasteiger partial charge in [-0.2, -0.15) is 0 Å². The van der Waals surface area contributed by atoms with E-state index < -0.39 is 5.82 Å². The Morgan fingerprint density at radius 2 is 2.16 bits per heavy atom. The van der Waals surface area contributed by atoms with E-state index in [2.05, 4.69) is 12.2 Å². The predicted octanol–water partition coefficient (Wildman–Crippen LogP) is 3.03. The summed E-state index contributed by atoms with van der Waals surface area (Å²) in [6.45, 7) is 4.42. The Hall–Kier alpha value is -1.58. The largest absolute Gasteiger partial charge is 0.398 e. The van der Waals surface area contributed by atoms with Crippen molar-refractivity contribution in [1.82, 2.24) is 5.32 Å². The minimum absolute atomic E-state index is 0.245. The van der Waals surface area contributed by atoms with Crippen LogP contribution < -0.4 is 11.1 Å². The molecule has 1 aromatic carbocycles. The molecule has 1 aliphatic carbocycles. The van der Waals surface area contributed by atoms with Crippen LogP contribution in [0.2, 0.25) is 0 Å². The molecule has 0 aliphatic heterocycles. The average Bonchev–Trinajstić information content (AvgIpc) is 2.34. The fourth-order valence-corrected chi connectivity index (χ4v) is 2.53. The second-order valence-corrected chi connectivity index (χ2v) is 5.56. The lowest BCUT2D eigenvalue weighted by Crippen LogP contribution is -2.41. The van der Waals surface area contributed by atoms with Crippen LogP contribution in [-0.2, 0) is 0 Å². The maximum absolute atomic E-state index is 13.6. The number of amides is 1. The van der Waals surface area contributed by atoms with E-state index in [1.165, 1.54) is 18.6 Å². The van der Waals surface area contributed by atoms with Crippen molar-refractivity contribution in [1.29, 1.82) is 0 Å². The number of benzene rings is 1. The Morgan fingerprint density at radius 3 is 2.63 bits per heavy atom. The topological polar surface area (TPSA) is 55.1 Å². The number of nitrogens with one attached hydrogen (secondary N) is 1. The minimum atomic E-state index is -0.431. The highest BCUT2D eigenvalue weighted by molar-refractivity contribution is 5.95. The molecule has 1 aromatic rings. The Labute approximate surface area is 113 Å². The second kappa shape index (κ2) is 5.19. The second-order valence-electron chi connectivity index (χ2n) is 5.56. The van der Waals surface area contributed by atoms with Gasteiger partial charge in [0.05, 0.1) is 0 Å². The van der Waals surface area contributed by atoms with Crippen LogP contribution in [0.4, 0.5) is 10.1 Å². The van der Waals surface area contributed by atoms with Crippen molar-refractivity contribution in [2.75, 3.05) is 12.3 Å². The van der Waals surface area contributed by atoms with E-state index in [-0.39, 0.29) is 11.3 Å². The van der Waals surface area contributed by atoms with Crippen molar-refractivity contribution in [2.24, 2.45) is 5.41 Å². The first-order chi connectivity index (χ1) is 8.97. The Balaban J connectivity index is 2.04. The summed E-state index contributed by atoms with van der Waals surface area (Å²) in [6.07, 6.45) is 4.62. The number of carbonyl (C=O) groups is 1. The molecule has 3 N–H and O–H groups in total. The van der Waals surface area contributed by atoms with Crippen LogP contribution in [0, 0.1) is 18.2 Å². The standard InChI is InChI=1S/C15H21FN2O/c1-3-15(5-4-6-15)9-18-14(19)11-7-12(16)10(2)13(17)8-11/h7-8H,3-6,9,17H2,1-2H3,(H,18,19). The molecular weight excluding hydrogens is 243 g/mol. The molecule has 0 heterocycles. The summed E-state index contributed by atoms with van der Waals surface area (Å²) in [4.78, 5) is 12.0. The van der Waals surface area contributed by atoms with Crippen LogP contribution >= 0.6 is 0 Å². The summed E-state index contributed by atoms with van der Waals surface area (Å²) >= 11 is 0. The highest BCUT2D eigenvalue weighted by Crippen LogP contribution is 2.43. The fourth-order valence-electron chi connectivity index (χ4n) is 2.53. The third-order valence-electron chi connectivity index (χ3n) is 4.43. The number of anilines is 1. The molecule has 0 radical (unpaired) electrons. The van der Waals surface area contributed by atoms with Crippen molar-refractivity contribution in [2.45, 2.75) is 39.5 Å². The lowest BCUT2D eigenvalue weighted by Gasteiger charge is -2.41. The van der Waals surface area contributed by atoms with E-state index in [1.807, 2.05) is 0 Å². The maximum atomic E-state index is 13.6. The first-order valence-electron chi connectivity index (χ1n) is 6.81. The van der Waals surface area contributed by atoms with Crippen LogP contribution in [0.1, 0.15) is 48.5 Å². The van der Waals surface area contributed by atoms with Gasteiger partial charge in [-0.3, -0.25) is 4.79 Å². The number of halogens is 1. The van der Waals surface area contributed by atoms with Gasteiger partial charge in [-0.05, 0) is 43.7 Å². The molecule has 3 nitrogen and oxygen atoms in total. The van der Waals surface area contributed by atoms with Crippen molar-refractivity contribution < 1.29 is 9.18 Å². The quantitative estimate of drug-likeness (QED) is 0.821. The van der Waals surface area contributed by atoms with E-state index in [9.17, 15) is 9.18 Å². The molecule has 4 heteroatoms. The highest BCUT2D eigenvalue weighted by atomic mass is 19.1. The lowest BCUT2D eigenvalue weighted by atomic mass is 9.67. The number of hydrogen-bond acceptors (Lipinski definition) is 2. The molecule has 19 heavy (non-hydrogen) atoms. The third kappa shape index (κ3) is 2.72. The van der Waals surface area contributed by atoms with Gasteiger partial charge in [0.1, 0.15) is 5.82 Å². The molecule has 2 rings (SSSR count). The maximum Gasteiger partial charge on any atom is 0.251 e. The van der Waals surface area contributed by atoms with E-state index in [0.29, 0.717) is 23.4 Å². The summed E-state index contributed by atoms with van der Waals surface area (Å²) < 4.78 is 13.6. The monoisotopic (exact) mass is 264 g/mol. The number of rotatable bonds is 4. The molecule has 0 bridgehead atoms. The number of nitrogen functional groups attached to an aromatic ring is 1. The van der Waals surface area contributed by atoms with Crippen LogP contribution in [0.3, 0.4) is 0 Å². The molecule has 1 amide bonds. The van der Waals surface area contributed by atoms with Gasteiger partial charge in [0, 0.05) is 23.4 Å². The minimum Gasteiger partial charge on any atom is -0.398 e. The molecule has 1 aliphatic rings. The van der Waals surface area contributed by atoms with Crippen LogP contribution in [0.15, 0.2) is 12.1 Å². The molecule has 0 aromatic heterocycles. The summed E-state index contributed by atoms with van der Waals surface area (Å²) in [5.41, 5.74) is 6.94. The first kappa shape index (κ1) is 13.8. The fraction of sp³-hybridized carbons (Fsp3) is 0.533. The van der Waals surface area contributed by atoms with Crippen LogP contribution in [-0.4, -0.2) is 12.5 Å². The zero-order valence-electron chi connectivity index (χ0n) is 11.6. The Bertz CT molecular complexity index is 466. The Morgan fingerprint density at radius 1 is 1.47 bits per heavy atom. The molecule has 1 fully saturated rings. The first-order valence-corrected chi connectivity index (χ1v) is 6.81. The van der Waals surface area contributed by atoms with Crippen LogP contribution in [0.25, 0.3) is 0 Å². The predicted molar refractivity (Wildman–Crippen MR) is 74.5 cm³/mol. The molecule has 0 saturated heterocycles. The van der Waals surface area contributed by atoms with Crippen molar-refractivity contribution in [3.63, 3.8) is 0 Å². The number of carbonyl (C=O) groups excluding carboxylic acids is 1. The molecule has 104 valence electrons. The van der Waals surface area contributed by atoms with Gasteiger partial charge >= 0.3 is 0 Å². The van der Waals surface area contributed by atoms with Gasteiger partial charge in [0.25, 0.3) is 5.91 Å². The van der Waals surface area contributed by atoms with E-state index in [4.69, 9.17) is 5.73 Å². The molecule has 1 saturated carbocycles. The van der Waals surface area contributed by atoms with Crippen molar-refractivity contribution >= 4 is 11.6 Å². The molecular formula is C15H21FN2O. The van der Waals surface area contributed by atoms with Crippen molar-refractivity contribution in [3.8, 4) is 0 Å². The summed E-state index contributed by atoms with van der Waals surface area (Å²) in [7, 11) is 0. The summed E-state index contributed by atoms with van der Waals surface area (Å²) in [5, 5.41) is 2.91. The van der Waals surface area contributed by atoms with Gasteiger partial charge in [-0.1, -0.05) is 13.3 Å². The van der Waals surface area contributed by atoms with Gasteiger partial charge in [-0.15, -0.1) is 0 Å². The highest BCUT2D eigenvalue weighted by Gasteiger charge is 2.35. The van der Waals surface area contributed by atoms with Gasteiger partial charge in [0.2, 0.25) is 0 Å². The normalized spacial score (nSPS) is 16.8. The number of hydrogen-bond donors (Lipinski definition) is 2. The van der Waals surface area contributed by atoms with Gasteiger partial charge < -0.3 is 11.1 Å². The average molecular weight is 264 g/mol. The number of nitrogens with two attached hydrogens (primary N) is 1. The molecule has 0 atom stereocenters. The van der Waals surface area contributed by atoms with Crippen LogP contribution in [0.5, 0.6) is 0 Å². The van der Waals surface area contributed by atoms with E-state index in [1.54, 1.807) is 6.92 Å². The summed E-state index contributed by atoms with van der Waals surface area (Å²) in [5.74, 6) is -0.677. The Kier molecular flexibility index (Phi) is 3.78. The molecule has 0 unspecified atom stereocenters.